The summed E-state index contributed by atoms with van der Waals surface area (Å²) in [4.78, 5) is 48.2. The van der Waals surface area contributed by atoms with Gasteiger partial charge in [0.15, 0.2) is 4.80 Å². The number of benzene rings is 2. The smallest absolute Gasteiger partial charge is 0.338 e. The monoisotopic (exact) mass is 646 g/mol. The van der Waals surface area contributed by atoms with E-state index in [1.807, 2.05) is 52.9 Å². The highest BCUT2D eigenvalue weighted by Gasteiger charge is 2.36. The highest BCUT2D eigenvalue weighted by molar-refractivity contribution is 7.07. The molecule has 9 nitrogen and oxygen atoms in total. The van der Waals surface area contributed by atoms with Crippen molar-refractivity contribution >= 4 is 51.8 Å². The summed E-state index contributed by atoms with van der Waals surface area (Å²) >= 11 is 7.73. The van der Waals surface area contributed by atoms with Crippen molar-refractivity contribution in [3.63, 3.8) is 0 Å². The molecule has 11 heteroatoms. The largest absolute Gasteiger partial charge is 0.496 e. The van der Waals surface area contributed by atoms with Crippen LogP contribution in [0.1, 0.15) is 56.7 Å². The lowest BCUT2D eigenvalue weighted by Gasteiger charge is -2.27. The van der Waals surface area contributed by atoms with E-state index in [1.165, 1.54) is 11.3 Å². The highest BCUT2D eigenvalue weighted by atomic mass is 35.5. The van der Waals surface area contributed by atoms with Crippen LogP contribution < -0.4 is 19.6 Å². The SMILES string of the molecule is CCCC1=C(C(=O)OCC)[C@@H](c2cc(Cl)ccc2OC)n2c(s/c(=C\c3cn(CC(=O)N4CCCC4)c4ccccc34)c2=O)=N1. The summed E-state index contributed by atoms with van der Waals surface area (Å²) in [5, 5.41) is 1.38. The van der Waals surface area contributed by atoms with Crippen molar-refractivity contribution in [3.8, 4) is 5.75 Å². The number of para-hydroxylation sites is 1. The standard InChI is InChI=1S/C34H35ClN4O5S/c1-4-10-25-30(33(42)44-5-2)31(24-18-22(35)13-14-27(24)43-3)39-32(41)28(45-34(39)36-25)17-21-19-38(26-12-7-6-11-23(21)26)20-29(40)37-15-8-9-16-37/h6-7,11-14,17-19,31H,4-5,8-10,15-16,20H2,1-3H3/b28-17-/t31-/m1/s1. The zero-order chi connectivity index (χ0) is 31.7. The number of halogens is 1. The van der Waals surface area contributed by atoms with Gasteiger partial charge in [0, 0.05) is 46.3 Å². The number of hydrogen-bond donors (Lipinski definition) is 0. The molecular weight excluding hydrogens is 612 g/mol. The van der Waals surface area contributed by atoms with Crippen LogP contribution in [0.3, 0.4) is 0 Å². The maximum Gasteiger partial charge on any atom is 0.338 e. The zero-order valence-electron chi connectivity index (χ0n) is 25.5. The topological polar surface area (TPSA) is 95.1 Å². The molecule has 45 heavy (non-hydrogen) atoms. The number of carbonyl (C=O) groups excluding carboxylic acids is 2. The predicted octanol–water partition coefficient (Wildman–Crippen LogP) is 4.82. The number of amides is 1. The number of rotatable bonds is 9. The molecule has 1 amide bonds. The second-order valence-electron chi connectivity index (χ2n) is 11.1. The van der Waals surface area contributed by atoms with Crippen molar-refractivity contribution in [2.75, 3.05) is 26.8 Å². The molecule has 2 aromatic heterocycles. The molecule has 1 atom stereocenters. The van der Waals surface area contributed by atoms with Crippen LogP contribution in [0.2, 0.25) is 5.02 Å². The van der Waals surface area contributed by atoms with Crippen molar-refractivity contribution in [3.05, 3.63) is 95.8 Å². The average Bonchev–Trinajstić information content (AvgIpc) is 3.76. The first kappa shape index (κ1) is 30.9. The number of methoxy groups -OCH3 is 1. The first-order valence-electron chi connectivity index (χ1n) is 15.3. The molecule has 2 aliphatic rings. The number of fused-ring (bicyclic) bond motifs is 2. The molecule has 0 N–H and O–H groups in total. The molecule has 1 saturated heterocycles. The number of allylic oxidation sites excluding steroid dienone is 1. The minimum Gasteiger partial charge on any atom is -0.496 e. The summed E-state index contributed by atoms with van der Waals surface area (Å²) in [5.41, 5.74) is 2.89. The van der Waals surface area contributed by atoms with Gasteiger partial charge in [0.2, 0.25) is 5.91 Å². The summed E-state index contributed by atoms with van der Waals surface area (Å²) in [5.74, 6) is 0.0469. The average molecular weight is 647 g/mol. The van der Waals surface area contributed by atoms with Crippen LogP contribution in [0.4, 0.5) is 0 Å². The van der Waals surface area contributed by atoms with E-state index in [9.17, 15) is 14.4 Å². The third-order valence-corrected chi connectivity index (χ3v) is 9.47. The quantitative estimate of drug-likeness (QED) is 0.243. The van der Waals surface area contributed by atoms with E-state index in [-0.39, 0.29) is 24.6 Å². The normalized spacial score (nSPS) is 16.7. The number of esters is 1. The van der Waals surface area contributed by atoms with Gasteiger partial charge >= 0.3 is 5.97 Å². The number of aromatic nitrogens is 2. The van der Waals surface area contributed by atoms with Gasteiger partial charge in [-0.05, 0) is 56.5 Å². The molecule has 4 heterocycles. The molecule has 0 radical (unpaired) electrons. The molecular formula is C34H35ClN4O5S. The van der Waals surface area contributed by atoms with Crippen molar-refractivity contribution in [1.82, 2.24) is 14.0 Å². The van der Waals surface area contributed by atoms with Gasteiger partial charge in [0.1, 0.15) is 18.3 Å². The number of nitrogens with zero attached hydrogens (tertiary/aromatic N) is 4. The van der Waals surface area contributed by atoms with Gasteiger partial charge in [-0.3, -0.25) is 14.2 Å². The second kappa shape index (κ2) is 13.1. The summed E-state index contributed by atoms with van der Waals surface area (Å²) in [6.07, 6.45) is 7.11. The molecule has 2 aliphatic heterocycles. The van der Waals surface area contributed by atoms with Gasteiger partial charge in [-0.25, -0.2) is 9.79 Å². The number of thiazole rings is 1. The Morgan fingerprint density at radius 3 is 2.64 bits per heavy atom. The van der Waals surface area contributed by atoms with E-state index in [0.717, 1.165) is 48.8 Å². The summed E-state index contributed by atoms with van der Waals surface area (Å²) in [6.45, 7) is 5.75. The molecule has 1 fully saturated rings. The summed E-state index contributed by atoms with van der Waals surface area (Å²) in [7, 11) is 1.54. The lowest BCUT2D eigenvalue weighted by molar-refractivity contribution is -0.139. The first-order valence-corrected chi connectivity index (χ1v) is 16.4. The van der Waals surface area contributed by atoms with Gasteiger partial charge in [-0.1, -0.05) is 54.5 Å². The molecule has 2 aromatic carbocycles. The number of ether oxygens (including phenoxy) is 2. The van der Waals surface area contributed by atoms with Crippen LogP contribution >= 0.6 is 22.9 Å². The molecule has 6 rings (SSSR count). The van der Waals surface area contributed by atoms with E-state index >= 15 is 0 Å². The Morgan fingerprint density at radius 1 is 1.13 bits per heavy atom. The minimum absolute atomic E-state index is 0.0876. The van der Waals surface area contributed by atoms with Crippen molar-refractivity contribution < 1.29 is 19.1 Å². The Bertz CT molecular complexity index is 2000. The molecule has 0 saturated carbocycles. The molecule has 0 unspecified atom stereocenters. The minimum atomic E-state index is -0.850. The fourth-order valence-corrected chi connectivity index (χ4v) is 7.40. The van der Waals surface area contributed by atoms with E-state index in [0.29, 0.717) is 43.4 Å². The van der Waals surface area contributed by atoms with Crippen LogP contribution in [0.15, 0.2) is 69.7 Å². The molecule has 0 bridgehead atoms. The van der Waals surface area contributed by atoms with Crippen molar-refractivity contribution in [2.45, 2.75) is 52.1 Å². The predicted molar refractivity (Wildman–Crippen MR) is 175 cm³/mol. The third kappa shape index (κ3) is 5.84. The van der Waals surface area contributed by atoms with Crippen LogP contribution in [0.25, 0.3) is 17.0 Å². The third-order valence-electron chi connectivity index (χ3n) is 8.25. The van der Waals surface area contributed by atoms with Gasteiger partial charge in [0.05, 0.1) is 29.5 Å². The molecule has 4 aromatic rings. The van der Waals surface area contributed by atoms with Crippen LogP contribution in [0, 0.1) is 0 Å². The van der Waals surface area contributed by atoms with Gasteiger partial charge in [-0.15, -0.1) is 0 Å². The Hall–Kier alpha value is -4.15. The van der Waals surface area contributed by atoms with Gasteiger partial charge in [-0.2, -0.15) is 0 Å². The maximum atomic E-state index is 14.3. The van der Waals surface area contributed by atoms with Crippen LogP contribution in [-0.4, -0.2) is 52.7 Å². The van der Waals surface area contributed by atoms with Crippen molar-refractivity contribution in [2.24, 2.45) is 4.99 Å². The lowest BCUT2D eigenvalue weighted by Crippen LogP contribution is -2.40. The van der Waals surface area contributed by atoms with Crippen LogP contribution in [0.5, 0.6) is 5.75 Å². The summed E-state index contributed by atoms with van der Waals surface area (Å²) in [6, 6.07) is 12.2. The number of likely N-dealkylation sites (tertiary alicyclic amines) is 1. The highest BCUT2D eigenvalue weighted by Crippen LogP contribution is 2.38. The zero-order valence-corrected chi connectivity index (χ0v) is 27.1. The van der Waals surface area contributed by atoms with Crippen LogP contribution in [-0.2, 0) is 20.9 Å². The molecule has 0 spiro atoms. The molecule has 0 aliphatic carbocycles. The van der Waals surface area contributed by atoms with Gasteiger partial charge in [0.25, 0.3) is 5.56 Å². The second-order valence-corrected chi connectivity index (χ2v) is 12.6. The Kier molecular flexibility index (Phi) is 8.96. The van der Waals surface area contributed by atoms with E-state index in [1.54, 1.807) is 36.8 Å². The number of hydrogen-bond acceptors (Lipinski definition) is 7. The van der Waals surface area contributed by atoms with Gasteiger partial charge < -0.3 is 18.9 Å². The molecule has 234 valence electrons. The van der Waals surface area contributed by atoms with E-state index in [4.69, 9.17) is 26.1 Å². The Labute approximate surface area is 269 Å². The fraction of sp³-hybridized carbons (Fsp3) is 0.353. The number of carbonyl (C=O) groups is 2. The van der Waals surface area contributed by atoms with E-state index in [2.05, 4.69) is 0 Å². The van der Waals surface area contributed by atoms with Crippen molar-refractivity contribution in [1.29, 1.82) is 0 Å². The Morgan fingerprint density at radius 2 is 1.91 bits per heavy atom. The fourth-order valence-electron chi connectivity index (χ4n) is 6.21. The maximum absolute atomic E-state index is 14.3. The first-order chi connectivity index (χ1) is 21.8. The lowest BCUT2D eigenvalue weighted by atomic mass is 9.93. The Balaban J connectivity index is 1.54. The van der Waals surface area contributed by atoms with E-state index < -0.39 is 12.0 Å². The summed E-state index contributed by atoms with van der Waals surface area (Å²) < 4.78 is 15.2.